The zero-order valence-electron chi connectivity index (χ0n) is 7.83. The molecule has 1 fully saturated rings. The van der Waals surface area contributed by atoms with Gasteiger partial charge >= 0.3 is 0 Å². The molecule has 1 spiro atoms. The van der Waals surface area contributed by atoms with E-state index in [-0.39, 0.29) is 11.4 Å². The van der Waals surface area contributed by atoms with Crippen LogP contribution in [0.1, 0.15) is 32.1 Å². The molecule has 0 aromatic rings. The summed E-state index contributed by atoms with van der Waals surface area (Å²) in [4.78, 5) is 13.2. The number of hydrogen-bond donors (Lipinski definition) is 1. The summed E-state index contributed by atoms with van der Waals surface area (Å²) in [7, 11) is 0. The van der Waals surface area contributed by atoms with Crippen LogP contribution in [0.25, 0.3) is 0 Å². The van der Waals surface area contributed by atoms with Crippen molar-refractivity contribution in [3.8, 4) is 0 Å². The highest BCUT2D eigenvalue weighted by atomic mass is 16.2. The molecule has 3 heteroatoms. The van der Waals surface area contributed by atoms with Gasteiger partial charge < -0.3 is 10.6 Å². The number of amides is 1. The third kappa shape index (κ3) is 1.27. The molecule has 2 rings (SSSR count). The maximum absolute atomic E-state index is 11.4. The van der Waals surface area contributed by atoms with Gasteiger partial charge in [0.05, 0.1) is 12.2 Å². The predicted octanol–water partition coefficient (Wildman–Crippen LogP) is 1.00. The Hall–Kier alpha value is -0.830. The Morgan fingerprint density at radius 1 is 1.38 bits per heavy atom. The summed E-state index contributed by atoms with van der Waals surface area (Å²) < 4.78 is 0. The number of carbonyl (C=O) groups is 1. The number of carbonyl (C=O) groups excluding carboxylic acids is 1. The van der Waals surface area contributed by atoms with Crippen molar-refractivity contribution in [1.82, 2.24) is 4.90 Å². The molecule has 2 aliphatic rings. The lowest BCUT2D eigenvalue weighted by atomic mass is 9.82. The molecule has 0 unspecified atom stereocenters. The third-order valence-electron chi connectivity index (χ3n) is 3.24. The average molecular weight is 180 g/mol. The SMILES string of the molecule is NCN1C(=O)C=CC12CCCCC2. The Kier molecular flexibility index (Phi) is 2.12. The topological polar surface area (TPSA) is 46.3 Å². The van der Waals surface area contributed by atoms with Crippen molar-refractivity contribution in [2.75, 3.05) is 6.67 Å². The highest BCUT2D eigenvalue weighted by Crippen LogP contribution is 2.37. The van der Waals surface area contributed by atoms with Crippen LogP contribution in [0.5, 0.6) is 0 Å². The number of hydrogen-bond acceptors (Lipinski definition) is 2. The predicted molar refractivity (Wildman–Crippen MR) is 50.9 cm³/mol. The van der Waals surface area contributed by atoms with Crippen molar-refractivity contribution in [3.05, 3.63) is 12.2 Å². The van der Waals surface area contributed by atoms with Gasteiger partial charge in [-0.25, -0.2) is 0 Å². The first-order chi connectivity index (χ1) is 6.28. The van der Waals surface area contributed by atoms with Crippen LogP contribution in [0.15, 0.2) is 12.2 Å². The molecule has 1 amide bonds. The molecule has 1 saturated carbocycles. The molecule has 0 radical (unpaired) electrons. The summed E-state index contributed by atoms with van der Waals surface area (Å²) in [5.41, 5.74) is 5.59. The summed E-state index contributed by atoms with van der Waals surface area (Å²) in [5, 5.41) is 0. The Bertz CT molecular complexity index is 241. The quantitative estimate of drug-likeness (QED) is 0.654. The molecule has 13 heavy (non-hydrogen) atoms. The van der Waals surface area contributed by atoms with Crippen molar-refractivity contribution < 1.29 is 4.79 Å². The summed E-state index contributed by atoms with van der Waals surface area (Å²) in [6, 6.07) is 0. The van der Waals surface area contributed by atoms with Crippen molar-refractivity contribution in [2.24, 2.45) is 5.73 Å². The van der Waals surface area contributed by atoms with Gasteiger partial charge in [0.15, 0.2) is 0 Å². The molecule has 1 aliphatic carbocycles. The Balaban J connectivity index is 2.20. The number of nitrogens with zero attached hydrogens (tertiary/aromatic N) is 1. The molecular weight excluding hydrogens is 164 g/mol. The first-order valence-corrected chi connectivity index (χ1v) is 4.99. The average Bonchev–Trinajstić information content (AvgIpc) is 2.45. The maximum atomic E-state index is 11.4. The van der Waals surface area contributed by atoms with Crippen molar-refractivity contribution in [1.29, 1.82) is 0 Å². The maximum Gasteiger partial charge on any atom is 0.248 e. The van der Waals surface area contributed by atoms with E-state index in [4.69, 9.17) is 5.73 Å². The number of nitrogens with two attached hydrogens (primary N) is 1. The molecule has 72 valence electrons. The molecule has 0 aromatic heterocycles. The molecule has 0 aromatic carbocycles. The van der Waals surface area contributed by atoms with E-state index in [9.17, 15) is 4.79 Å². The van der Waals surface area contributed by atoms with Gasteiger partial charge in [-0.15, -0.1) is 0 Å². The molecule has 0 atom stereocenters. The van der Waals surface area contributed by atoms with E-state index in [1.165, 1.54) is 19.3 Å². The van der Waals surface area contributed by atoms with Crippen molar-refractivity contribution >= 4 is 5.91 Å². The van der Waals surface area contributed by atoms with Crippen molar-refractivity contribution in [2.45, 2.75) is 37.6 Å². The minimum Gasteiger partial charge on any atom is -0.317 e. The van der Waals surface area contributed by atoms with E-state index < -0.39 is 0 Å². The van der Waals surface area contributed by atoms with Gasteiger partial charge in [-0.1, -0.05) is 25.3 Å². The minimum atomic E-state index is -0.00984. The van der Waals surface area contributed by atoms with Gasteiger partial charge in [-0.2, -0.15) is 0 Å². The van der Waals surface area contributed by atoms with Gasteiger partial charge in [0.1, 0.15) is 0 Å². The van der Waals surface area contributed by atoms with E-state index in [0.29, 0.717) is 6.67 Å². The van der Waals surface area contributed by atoms with Crippen LogP contribution < -0.4 is 5.73 Å². The number of rotatable bonds is 1. The lowest BCUT2D eigenvalue weighted by Gasteiger charge is -2.40. The molecule has 0 bridgehead atoms. The second-order valence-electron chi connectivity index (χ2n) is 3.95. The highest BCUT2D eigenvalue weighted by molar-refractivity contribution is 5.91. The molecule has 3 nitrogen and oxygen atoms in total. The van der Waals surface area contributed by atoms with Gasteiger partial charge in [-0.05, 0) is 12.8 Å². The lowest BCUT2D eigenvalue weighted by Crippen LogP contribution is -2.50. The summed E-state index contributed by atoms with van der Waals surface area (Å²) >= 11 is 0. The molecule has 0 saturated heterocycles. The molecule has 1 heterocycles. The van der Waals surface area contributed by atoms with Crippen LogP contribution in [0.4, 0.5) is 0 Å². The summed E-state index contributed by atoms with van der Waals surface area (Å²) in [6.45, 7) is 0.353. The standard InChI is InChI=1S/C10H16N2O/c11-8-12-9(13)4-7-10(12)5-2-1-3-6-10/h4,7H,1-3,5-6,8,11H2. The normalized spacial score (nSPS) is 25.9. The van der Waals surface area contributed by atoms with E-state index in [1.54, 1.807) is 6.08 Å². The zero-order valence-corrected chi connectivity index (χ0v) is 7.83. The summed E-state index contributed by atoms with van der Waals surface area (Å²) in [5.74, 6) is 0.0874. The monoisotopic (exact) mass is 180 g/mol. The zero-order chi connectivity index (χ0) is 9.31. The van der Waals surface area contributed by atoms with Crippen LogP contribution in [-0.4, -0.2) is 23.0 Å². The summed E-state index contributed by atoms with van der Waals surface area (Å²) in [6.07, 6.45) is 9.64. The van der Waals surface area contributed by atoms with Crippen LogP contribution in [-0.2, 0) is 4.79 Å². The Morgan fingerprint density at radius 3 is 2.69 bits per heavy atom. The van der Waals surface area contributed by atoms with E-state index in [0.717, 1.165) is 12.8 Å². The van der Waals surface area contributed by atoms with Crippen LogP contribution in [0, 0.1) is 0 Å². The molecular formula is C10H16N2O. The highest BCUT2D eigenvalue weighted by Gasteiger charge is 2.40. The van der Waals surface area contributed by atoms with Crippen LogP contribution in [0.3, 0.4) is 0 Å². The lowest BCUT2D eigenvalue weighted by molar-refractivity contribution is -0.129. The Morgan fingerprint density at radius 2 is 2.08 bits per heavy atom. The van der Waals surface area contributed by atoms with Crippen LogP contribution in [0.2, 0.25) is 0 Å². The minimum absolute atomic E-state index is 0.00984. The molecule has 1 aliphatic heterocycles. The molecule has 2 N–H and O–H groups in total. The first kappa shape index (κ1) is 8.75. The third-order valence-corrected chi connectivity index (χ3v) is 3.24. The smallest absolute Gasteiger partial charge is 0.248 e. The van der Waals surface area contributed by atoms with Gasteiger partial charge in [0, 0.05) is 6.08 Å². The largest absolute Gasteiger partial charge is 0.317 e. The van der Waals surface area contributed by atoms with E-state index in [1.807, 2.05) is 4.90 Å². The van der Waals surface area contributed by atoms with Crippen molar-refractivity contribution in [3.63, 3.8) is 0 Å². The van der Waals surface area contributed by atoms with Gasteiger partial charge in [0.25, 0.3) is 0 Å². The van der Waals surface area contributed by atoms with E-state index in [2.05, 4.69) is 6.08 Å². The fraction of sp³-hybridized carbons (Fsp3) is 0.700. The van der Waals surface area contributed by atoms with Gasteiger partial charge in [0.2, 0.25) is 5.91 Å². The first-order valence-electron chi connectivity index (χ1n) is 4.99. The Labute approximate surface area is 78.6 Å². The second kappa shape index (κ2) is 3.14. The second-order valence-corrected chi connectivity index (χ2v) is 3.95. The van der Waals surface area contributed by atoms with E-state index >= 15 is 0 Å². The fourth-order valence-corrected chi connectivity index (χ4v) is 2.50. The fourth-order valence-electron chi connectivity index (χ4n) is 2.50. The van der Waals surface area contributed by atoms with Gasteiger partial charge in [-0.3, -0.25) is 4.79 Å². The van der Waals surface area contributed by atoms with Crippen LogP contribution >= 0.6 is 0 Å².